The van der Waals surface area contributed by atoms with E-state index in [1.165, 1.54) is 10.6 Å². The smallest absolute Gasteiger partial charge is 0.232 e. The quantitative estimate of drug-likeness (QED) is 0.680. The van der Waals surface area contributed by atoms with E-state index in [4.69, 9.17) is 11.6 Å². The molecule has 3 aromatic rings. The Morgan fingerprint density at radius 3 is 2.89 bits per heavy atom. The van der Waals surface area contributed by atoms with Crippen LogP contribution in [0.4, 0.5) is 11.4 Å². The highest BCUT2D eigenvalue weighted by atomic mass is 35.5. The van der Waals surface area contributed by atoms with Crippen LogP contribution in [0.2, 0.25) is 5.02 Å². The summed E-state index contributed by atoms with van der Waals surface area (Å²) in [5, 5.41) is 3.42. The topological polar surface area (TPSA) is 95.2 Å². The molecule has 9 heteroatoms. The van der Waals surface area contributed by atoms with E-state index >= 15 is 0 Å². The first-order valence-corrected chi connectivity index (χ1v) is 11.1. The minimum atomic E-state index is -3.36. The molecule has 0 atom stereocenters. The number of H-pyrrole nitrogens is 1. The number of rotatable bonds is 4. The van der Waals surface area contributed by atoms with Gasteiger partial charge in [0.2, 0.25) is 15.9 Å². The van der Waals surface area contributed by atoms with Crippen molar-refractivity contribution in [1.82, 2.24) is 9.97 Å². The van der Waals surface area contributed by atoms with Crippen LogP contribution in [0.5, 0.6) is 0 Å². The number of hydrogen-bond donors (Lipinski definition) is 2. The molecule has 2 N–H and O–H groups in total. The molecule has 0 aliphatic carbocycles. The monoisotopic (exact) mass is 418 g/mol. The number of fused-ring (bicyclic) bond motifs is 2. The van der Waals surface area contributed by atoms with Gasteiger partial charge in [-0.2, -0.15) is 0 Å². The van der Waals surface area contributed by atoms with Gasteiger partial charge in [0.05, 0.1) is 29.4 Å². The summed E-state index contributed by atoms with van der Waals surface area (Å²) in [6.07, 6.45) is 2.86. The Kier molecular flexibility index (Phi) is 4.76. The number of hydrogen-bond acceptors (Lipinski definition) is 4. The number of sulfonamides is 1. The third kappa shape index (κ3) is 3.83. The molecule has 2 heterocycles. The lowest BCUT2D eigenvalue weighted by Crippen LogP contribution is -2.34. The first kappa shape index (κ1) is 18.8. The van der Waals surface area contributed by atoms with Gasteiger partial charge in [-0.1, -0.05) is 17.7 Å². The fourth-order valence-electron chi connectivity index (χ4n) is 3.44. The molecule has 28 heavy (non-hydrogen) atoms. The van der Waals surface area contributed by atoms with Gasteiger partial charge in [0.1, 0.15) is 5.82 Å². The lowest BCUT2D eigenvalue weighted by atomic mass is 10.0. The summed E-state index contributed by atoms with van der Waals surface area (Å²) in [7, 11) is -3.36. The van der Waals surface area contributed by atoms with Crippen LogP contribution in [0.1, 0.15) is 17.8 Å². The maximum Gasteiger partial charge on any atom is 0.232 e. The number of nitrogens with one attached hydrogen (secondary N) is 2. The van der Waals surface area contributed by atoms with E-state index in [9.17, 15) is 13.2 Å². The van der Waals surface area contributed by atoms with Crippen molar-refractivity contribution in [2.75, 3.05) is 22.4 Å². The van der Waals surface area contributed by atoms with Crippen molar-refractivity contribution in [3.8, 4) is 0 Å². The minimum Gasteiger partial charge on any atom is -0.342 e. The summed E-state index contributed by atoms with van der Waals surface area (Å²) in [5.74, 6) is 0.289. The third-order valence-electron chi connectivity index (χ3n) is 4.67. The van der Waals surface area contributed by atoms with Gasteiger partial charge >= 0.3 is 0 Å². The first-order chi connectivity index (χ1) is 13.3. The highest BCUT2D eigenvalue weighted by molar-refractivity contribution is 7.92. The third-order valence-corrected chi connectivity index (χ3v) is 6.08. The van der Waals surface area contributed by atoms with E-state index in [2.05, 4.69) is 15.3 Å². The van der Waals surface area contributed by atoms with Gasteiger partial charge in [-0.05, 0) is 48.7 Å². The second kappa shape index (κ2) is 7.10. The van der Waals surface area contributed by atoms with Crippen LogP contribution in [-0.4, -0.2) is 37.1 Å². The fraction of sp³-hybridized carbons (Fsp3) is 0.263. The molecule has 146 valence electrons. The van der Waals surface area contributed by atoms with Crippen LogP contribution in [0.3, 0.4) is 0 Å². The zero-order valence-electron chi connectivity index (χ0n) is 15.2. The summed E-state index contributed by atoms with van der Waals surface area (Å²) >= 11 is 5.97. The molecule has 0 radical (unpaired) electrons. The van der Waals surface area contributed by atoms with Gasteiger partial charge in [0.15, 0.2) is 0 Å². The van der Waals surface area contributed by atoms with E-state index in [1.54, 1.807) is 30.3 Å². The summed E-state index contributed by atoms with van der Waals surface area (Å²) < 4.78 is 25.5. The largest absolute Gasteiger partial charge is 0.342 e. The first-order valence-electron chi connectivity index (χ1n) is 8.84. The second-order valence-corrected chi connectivity index (χ2v) is 9.20. The van der Waals surface area contributed by atoms with Crippen LogP contribution >= 0.6 is 11.6 Å². The van der Waals surface area contributed by atoms with Crippen LogP contribution in [0.15, 0.2) is 36.4 Å². The molecule has 0 unspecified atom stereocenters. The summed E-state index contributed by atoms with van der Waals surface area (Å²) in [4.78, 5) is 19.9. The number of nitrogens with zero attached hydrogens (tertiary/aromatic N) is 2. The standard InChI is InChI=1S/C19H19ClN4O3S/c1-28(26,27)24-8-2-3-12-4-6-14(10-17(12)24)21-19(25)11-18-22-15-7-5-13(20)9-16(15)23-18/h4-7,9-10H,2-3,8,11H2,1H3,(H,21,25)(H,22,23). The second-order valence-electron chi connectivity index (χ2n) is 6.85. The molecule has 2 aromatic carbocycles. The summed E-state index contributed by atoms with van der Waals surface area (Å²) in [6.45, 7) is 0.449. The number of carbonyl (C=O) groups is 1. The number of aryl methyl sites for hydroxylation is 1. The van der Waals surface area contributed by atoms with Gasteiger partial charge in [-0.25, -0.2) is 13.4 Å². The predicted octanol–water partition coefficient (Wildman–Crippen LogP) is 3.11. The van der Waals surface area contributed by atoms with Gasteiger partial charge < -0.3 is 10.3 Å². The van der Waals surface area contributed by atoms with Crippen molar-refractivity contribution in [2.24, 2.45) is 0 Å². The van der Waals surface area contributed by atoms with Gasteiger partial charge in [0, 0.05) is 17.3 Å². The average Bonchev–Trinajstić information content (AvgIpc) is 3.01. The number of carbonyl (C=O) groups excluding carboxylic acids is 1. The van der Waals surface area contributed by atoms with E-state index in [0.29, 0.717) is 28.8 Å². The van der Waals surface area contributed by atoms with E-state index in [1.807, 2.05) is 6.07 Å². The van der Waals surface area contributed by atoms with Crippen molar-refractivity contribution in [2.45, 2.75) is 19.3 Å². The number of halogens is 1. The number of aromatic amines is 1. The number of imidazole rings is 1. The van der Waals surface area contributed by atoms with E-state index in [-0.39, 0.29) is 12.3 Å². The van der Waals surface area contributed by atoms with Crippen LogP contribution < -0.4 is 9.62 Å². The molecule has 1 aliphatic rings. The highest BCUT2D eigenvalue weighted by Gasteiger charge is 2.24. The average molecular weight is 419 g/mol. The normalized spacial score (nSPS) is 14.1. The molecule has 4 rings (SSSR count). The Labute approximate surface area is 167 Å². The summed E-state index contributed by atoms with van der Waals surface area (Å²) in [5.41, 5.74) is 3.66. The molecular weight excluding hydrogens is 400 g/mol. The van der Waals surface area contributed by atoms with Crippen molar-refractivity contribution in [3.63, 3.8) is 0 Å². The van der Waals surface area contributed by atoms with Crippen molar-refractivity contribution in [1.29, 1.82) is 0 Å². The van der Waals surface area contributed by atoms with Crippen molar-refractivity contribution < 1.29 is 13.2 Å². The molecule has 0 bridgehead atoms. The van der Waals surface area contributed by atoms with Crippen molar-refractivity contribution in [3.05, 3.63) is 52.8 Å². The molecule has 0 saturated heterocycles. The Balaban J connectivity index is 1.53. The van der Waals surface area contributed by atoms with Gasteiger partial charge in [0.25, 0.3) is 0 Å². The SMILES string of the molecule is CS(=O)(=O)N1CCCc2ccc(NC(=O)Cc3nc4ccc(Cl)cc4[nH]3)cc21. The maximum absolute atomic E-state index is 12.4. The highest BCUT2D eigenvalue weighted by Crippen LogP contribution is 2.31. The van der Waals surface area contributed by atoms with Gasteiger partial charge in [-0.3, -0.25) is 9.10 Å². The minimum absolute atomic E-state index is 0.0686. The Hall–Kier alpha value is -2.58. The molecule has 0 spiro atoms. The molecule has 1 amide bonds. The lowest BCUT2D eigenvalue weighted by molar-refractivity contribution is -0.115. The number of aromatic nitrogens is 2. The van der Waals surface area contributed by atoms with Gasteiger partial charge in [-0.15, -0.1) is 0 Å². The number of anilines is 2. The van der Waals surface area contributed by atoms with E-state index < -0.39 is 10.0 Å². The van der Waals surface area contributed by atoms with E-state index in [0.717, 1.165) is 29.4 Å². The number of benzene rings is 2. The maximum atomic E-state index is 12.4. The molecule has 0 saturated carbocycles. The molecule has 7 nitrogen and oxygen atoms in total. The predicted molar refractivity (Wildman–Crippen MR) is 110 cm³/mol. The zero-order valence-corrected chi connectivity index (χ0v) is 16.8. The lowest BCUT2D eigenvalue weighted by Gasteiger charge is -2.29. The van der Waals surface area contributed by atoms with Crippen LogP contribution in [-0.2, 0) is 27.7 Å². The van der Waals surface area contributed by atoms with Crippen molar-refractivity contribution >= 4 is 49.9 Å². The summed E-state index contributed by atoms with van der Waals surface area (Å²) in [6, 6.07) is 10.7. The Morgan fingerprint density at radius 1 is 1.29 bits per heavy atom. The van der Waals surface area contributed by atoms with Crippen LogP contribution in [0, 0.1) is 0 Å². The fourth-order valence-corrected chi connectivity index (χ4v) is 4.60. The Bertz CT molecular complexity index is 1170. The number of amides is 1. The molecule has 1 aromatic heterocycles. The zero-order chi connectivity index (χ0) is 19.9. The molecule has 1 aliphatic heterocycles. The Morgan fingerprint density at radius 2 is 2.11 bits per heavy atom. The molecule has 0 fully saturated rings. The van der Waals surface area contributed by atoms with Crippen LogP contribution in [0.25, 0.3) is 11.0 Å². The molecular formula is C19H19ClN4O3S.